The molecule has 0 bridgehead atoms. The Bertz CT molecular complexity index is 1150. The van der Waals surface area contributed by atoms with E-state index >= 15 is 0 Å². The molecule has 4 rings (SSSR count). The Morgan fingerprint density at radius 2 is 1.78 bits per heavy atom. The fourth-order valence-corrected chi connectivity index (χ4v) is 7.22. The van der Waals surface area contributed by atoms with Crippen molar-refractivity contribution >= 4 is 17.7 Å². The largest absolute Gasteiger partial charge is 0.504 e. The van der Waals surface area contributed by atoms with Crippen LogP contribution >= 0.6 is 0 Å². The van der Waals surface area contributed by atoms with Crippen molar-refractivity contribution in [3.8, 4) is 0 Å². The highest BCUT2D eigenvalue weighted by molar-refractivity contribution is 6.06. The molecule has 36 heavy (non-hydrogen) atoms. The van der Waals surface area contributed by atoms with Gasteiger partial charge < -0.3 is 19.3 Å². The van der Waals surface area contributed by atoms with Gasteiger partial charge in [-0.25, -0.2) is 4.79 Å². The molecular formula is C29H38O7. The van der Waals surface area contributed by atoms with Crippen molar-refractivity contribution in [1.82, 2.24) is 0 Å². The second kappa shape index (κ2) is 8.44. The fraction of sp³-hybridized carbons (Fsp3) is 0.621. The highest BCUT2D eigenvalue weighted by atomic mass is 16.6. The van der Waals surface area contributed by atoms with Gasteiger partial charge >= 0.3 is 11.9 Å². The van der Waals surface area contributed by atoms with Crippen molar-refractivity contribution in [3.05, 3.63) is 46.5 Å². The summed E-state index contributed by atoms with van der Waals surface area (Å²) in [5.41, 5.74) is 0.0357. The molecule has 0 aromatic heterocycles. The van der Waals surface area contributed by atoms with E-state index in [4.69, 9.17) is 14.2 Å². The number of carbonyl (C=O) groups excluding carboxylic acids is 3. The fourth-order valence-electron chi connectivity index (χ4n) is 7.22. The molecule has 1 heterocycles. The van der Waals surface area contributed by atoms with Gasteiger partial charge in [0.05, 0.1) is 5.60 Å². The van der Waals surface area contributed by atoms with Crippen LogP contribution in [0, 0.1) is 16.7 Å². The van der Waals surface area contributed by atoms with Gasteiger partial charge in [0.2, 0.25) is 5.78 Å². The molecule has 5 atom stereocenters. The van der Waals surface area contributed by atoms with Crippen LogP contribution in [0.5, 0.6) is 0 Å². The van der Waals surface area contributed by atoms with Gasteiger partial charge in [0.15, 0.2) is 5.76 Å². The molecule has 1 saturated heterocycles. The smallest absolute Gasteiger partial charge is 0.330 e. The monoisotopic (exact) mass is 498 g/mol. The third-order valence-corrected chi connectivity index (χ3v) is 9.10. The van der Waals surface area contributed by atoms with Gasteiger partial charge in [-0.15, -0.1) is 0 Å². The lowest BCUT2D eigenvalue weighted by atomic mass is 9.45. The van der Waals surface area contributed by atoms with Crippen LogP contribution in [0.25, 0.3) is 0 Å². The van der Waals surface area contributed by atoms with Gasteiger partial charge in [0.1, 0.15) is 17.5 Å². The summed E-state index contributed by atoms with van der Waals surface area (Å²) in [5.74, 6) is -1.49. The molecule has 0 unspecified atom stereocenters. The number of fused-ring (bicyclic) bond motifs is 3. The van der Waals surface area contributed by atoms with Crippen LogP contribution in [-0.4, -0.2) is 40.1 Å². The summed E-state index contributed by atoms with van der Waals surface area (Å²) in [6, 6.07) is 0. The Morgan fingerprint density at radius 1 is 1.11 bits per heavy atom. The maximum absolute atomic E-state index is 12.5. The van der Waals surface area contributed by atoms with Crippen LogP contribution in [0.15, 0.2) is 46.5 Å². The van der Waals surface area contributed by atoms with E-state index in [9.17, 15) is 19.5 Å². The Kier molecular flexibility index (Phi) is 6.19. The number of aliphatic hydroxyl groups excluding tert-OH is 1. The van der Waals surface area contributed by atoms with Crippen molar-refractivity contribution in [2.75, 3.05) is 0 Å². The first kappa shape index (κ1) is 26.4. The van der Waals surface area contributed by atoms with Gasteiger partial charge in [0.25, 0.3) is 0 Å². The summed E-state index contributed by atoms with van der Waals surface area (Å²) >= 11 is 0. The number of rotatable bonds is 4. The van der Waals surface area contributed by atoms with E-state index in [0.29, 0.717) is 17.6 Å². The van der Waals surface area contributed by atoms with Crippen molar-refractivity contribution in [2.45, 2.75) is 98.4 Å². The zero-order chi connectivity index (χ0) is 26.8. The number of epoxide rings is 1. The van der Waals surface area contributed by atoms with Gasteiger partial charge in [-0.2, -0.15) is 0 Å². The molecule has 1 aliphatic heterocycles. The molecule has 0 amide bonds. The number of esters is 2. The predicted octanol–water partition coefficient (Wildman–Crippen LogP) is 5.42. The van der Waals surface area contributed by atoms with Crippen LogP contribution < -0.4 is 0 Å². The number of aliphatic hydroxyl groups is 1. The molecule has 0 aromatic rings. The molecule has 0 aromatic carbocycles. The molecular weight excluding hydrogens is 460 g/mol. The van der Waals surface area contributed by atoms with Crippen molar-refractivity contribution in [3.63, 3.8) is 0 Å². The normalized spacial score (nSPS) is 37.9. The van der Waals surface area contributed by atoms with Crippen LogP contribution in [0.3, 0.4) is 0 Å². The highest BCUT2D eigenvalue weighted by Gasteiger charge is 2.79. The van der Waals surface area contributed by atoms with E-state index in [1.54, 1.807) is 6.92 Å². The Hall–Kier alpha value is -2.67. The Labute approximate surface area is 213 Å². The average Bonchev–Trinajstić information content (AvgIpc) is 3.37. The second-order valence-corrected chi connectivity index (χ2v) is 12.1. The summed E-state index contributed by atoms with van der Waals surface area (Å²) < 4.78 is 18.0. The number of hydrogen-bond donors (Lipinski definition) is 1. The highest BCUT2D eigenvalue weighted by Crippen LogP contribution is 2.74. The zero-order valence-electron chi connectivity index (χ0n) is 22.6. The predicted molar refractivity (Wildman–Crippen MR) is 134 cm³/mol. The van der Waals surface area contributed by atoms with Gasteiger partial charge in [-0.3, -0.25) is 9.59 Å². The number of ketones is 1. The van der Waals surface area contributed by atoms with E-state index in [2.05, 4.69) is 27.7 Å². The molecule has 196 valence electrons. The maximum Gasteiger partial charge on any atom is 0.330 e. The molecule has 4 aliphatic rings. The minimum atomic E-state index is -0.689. The van der Waals surface area contributed by atoms with Gasteiger partial charge in [0, 0.05) is 41.1 Å². The van der Waals surface area contributed by atoms with Gasteiger partial charge in [-0.1, -0.05) is 26.3 Å². The molecule has 0 spiro atoms. The minimum absolute atomic E-state index is 0.129. The summed E-state index contributed by atoms with van der Waals surface area (Å²) in [5, 5.41) is 10.4. The number of allylic oxidation sites excluding steroid dienone is 3. The topological polar surface area (TPSA) is 102 Å². The third kappa shape index (κ3) is 3.87. The molecule has 7 heteroatoms. The number of ether oxygens (including phenoxy) is 3. The lowest BCUT2D eigenvalue weighted by molar-refractivity contribution is -0.171. The molecule has 2 saturated carbocycles. The van der Waals surface area contributed by atoms with E-state index in [0.717, 1.165) is 30.9 Å². The van der Waals surface area contributed by atoms with Crippen LogP contribution in [0.1, 0.15) is 81.1 Å². The van der Waals surface area contributed by atoms with Crippen molar-refractivity contribution < 1.29 is 33.7 Å². The first-order valence-corrected chi connectivity index (χ1v) is 12.7. The summed E-state index contributed by atoms with van der Waals surface area (Å²) in [7, 11) is 0. The average molecular weight is 499 g/mol. The molecule has 7 nitrogen and oxygen atoms in total. The van der Waals surface area contributed by atoms with Crippen molar-refractivity contribution in [1.29, 1.82) is 0 Å². The molecule has 1 N–H and O–H groups in total. The van der Waals surface area contributed by atoms with E-state index < -0.39 is 23.0 Å². The van der Waals surface area contributed by atoms with E-state index in [1.165, 1.54) is 13.0 Å². The van der Waals surface area contributed by atoms with Crippen LogP contribution in [-0.2, 0) is 28.6 Å². The van der Waals surface area contributed by atoms with E-state index in [1.807, 2.05) is 19.9 Å². The maximum atomic E-state index is 12.5. The van der Waals surface area contributed by atoms with Crippen LogP contribution in [0.2, 0.25) is 0 Å². The SMILES string of the molecule is CC(=O)OC1=CC(=O)C(O)=C(C)/C1=C\[C@@]12O[C@]1(C)CC[C@H]1C(C)(C)[C@@H](OC(=O)C=C(C)C)CC[C@@]12C. The Balaban J connectivity index is 1.76. The third-order valence-electron chi connectivity index (χ3n) is 9.10. The first-order chi connectivity index (χ1) is 16.6. The Morgan fingerprint density at radius 3 is 2.39 bits per heavy atom. The molecule has 0 radical (unpaired) electrons. The molecule has 3 aliphatic carbocycles. The quantitative estimate of drug-likeness (QED) is 0.314. The number of hydrogen-bond acceptors (Lipinski definition) is 7. The zero-order valence-corrected chi connectivity index (χ0v) is 22.6. The first-order valence-electron chi connectivity index (χ1n) is 12.7. The summed E-state index contributed by atoms with van der Waals surface area (Å²) in [6.07, 6.45) is 7.65. The lowest BCUT2D eigenvalue weighted by Gasteiger charge is -2.58. The number of carbonyl (C=O) groups is 3. The molecule has 3 fully saturated rings. The van der Waals surface area contributed by atoms with Gasteiger partial charge in [-0.05, 0) is 65.4 Å². The summed E-state index contributed by atoms with van der Waals surface area (Å²) in [6.45, 7) is 15.4. The van der Waals surface area contributed by atoms with E-state index in [-0.39, 0.29) is 40.3 Å². The minimum Gasteiger partial charge on any atom is -0.504 e. The second-order valence-electron chi connectivity index (χ2n) is 12.1. The van der Waals surface area contributed by atoms with Crippen LogP contribution in [0.4, 0.5) is 0 Å². The summed E-state index contributed by atoms with van der Waals surface area (Å²) in [4.78, 5) is 36.6. The standard InChI is InChI=1S/C29H38O7/c1-16(2)13-24(32)35-23-10-11-27(7)22(26(23,5)6)9-12-28(8)29(27,36-28)15-19-17(3)25(33)20(31)14-21(19)34-18(4)30/h13-15,22-23,33H,9-12H2,1-8H3/b19-15+/t22-,23-,27-,28+,29-/m0/s1. The van der Waals surface area contributed by atoms with Crippen molar-refractivity contribution in [2.24, 2.45) is 16.7 Å². The lowest BCUT2D eigenvalue weighted by Crippen LogP contribution is -2.60.